The third-order valence-corrected chi connectivity index (χ3v) is 11.2. The van der Waals surface area contributed by atoms with Crippen molar-refractivity contribution in [1.29, 1.82) is 0 Å². The van der Waals surface area contributed by atoms with Gasteiger partial charge in [0, 0.05) is 19.3 Å². The molecule has 0 rings (SSSR count). The lowest BCUT2D eigenvalue weighted by atomic mass is 10.0. The fraction of sp³-hybridized carbons (Fsp3) is 0.940. The Hall–Kier alpha value is -1.59. The lowest BCUT2D eigenvalue weighted by Crippen LogP contribution is -2.30. The Morgan fingerprint density at radius 3 is 0.875 bits per heavy atom. The van der Waals surface area contributed by atoms with Gasteiger partial charge >= 0.3 is 17.9 Å². The Labute approximate surface area is 348 Å². The maximum absolute atomic E-state index is 12.7. The second-order valence-corrected chi connectivity index (χ2v) is 18.1. The molecule has 0 aromatic heterocycles. The Morgan fingerprint density at radius 2 is 0.589 bits per heavy atom. The first kappa shape index (κ1) is 54.4. The number of carbonyl (C=O) groups excluding carboxylic acids is 3. The lowest BCUT2D eigenvalue weighted by molar-refractivity contribution is -0.167. The number of unbranched alkanes of at least 4 members (excludes halogenated alkanes) is 29. The molecule has 6 heteroatoms. The Kier molecular flexibility index (Phi) is 41.8. The van der Waals surface area contributed by atoms with Crippen LogP contribution >= 0.6 is 0 Å². The van der Waals surface area contributed by atoms with E-state index in [0.717, 1.165) is 69.6 Å². The molecule has 0 saturated carbocycles. The normalized spacial score (nSPS) is 12.1. The van der Waals surface area contributed by atoms with Crippen molar-refractivity contribution in [2.24, 2.45) is 11.8 Å². The second-order valence-electron chi connectivity index (χ2n) is 18.1. The van der Waals surface area contributed by atoms with E-state index in [2.05, 4.69) is 34.6 Å². The van der Waals surface area contributed by atoms with Crippen molar-refractivity contribution in [1.82, 2.24) is 0 Å². The molecule has 0 spiro atoms. The molecule has 0 heterocycles. The Morgan fingerprint density at radius 1 is 0.339 bits per heavy atom. The summed E-state index contributed by atoms with van der Waals surface area (Å²) in [6.45, 7) is 11.3. The van der Waals surface area contributed by atoms with Gasteiger partial charge in [-0.05, 0) is 31.1 Å². The van der Waals surface area contributed by atoms with Crippen LogP contribution in [0.15, 0.2) is 0 Å². The van der Waals surface area contributed by atoms with E-state index in [4.69, 9.17) is 14.2 Å². The smallest absolute Gasteiger partial charge is 0.306 e. The molecule has 332 valence electrons. The summed E-state index contributed by atoms with van der Waals surface area (Å²) in [7, 11) is 0. The predicted molar refractivity (Wildman–Crippen MR) is 238 cm³/mol. The zero-order chi connectivity index (χ0) is 41.2. The first-order chi connectivity index (χ1) is 27.2. The molecule has 0 aromatic carbocycles. The summed E-state index contributed by atoms with van der Waals surface area (Å²) in [5.41, 5.74) is 0. The van der Waals surface area contributed by atoms with Crippen molar-refractivity contribution in [3.8, 4) is 0 Å². The zero-order valence-corrected chi connectivity index (χ0v) is 38.3. The van der Waals surface area contributed by atoms with Crippen molar-refractivity contribution in [2.75, 3.05) is 13.2 Å². The molecule has 0 radical (unpaired) electrons. The molecule has 6 nitrogen and oxygen atoms in total. The standard InChI is InChI=1S/C50H96O6/c1-6-7-8-9-10-18-27-32-37-42-50(53)56-47(44-55-49(52)41-36-31-26-22-17-13-15-20-24-29-34-39-46(4)5)43-54-48(51)40-35-30-25-21-16-12-11-14-19-23-28-33-38-45(2)3/h45-47H,6-44H2,1-5H3/t47-/m0/s1. The van der Waals surface area contributed by atoms with Gasteiger partial charge in [-0.25, -0.2) is 0 Å². The van der Waals surface area contributed by atoms with Crippen LogP contribution in [0.25, 0.3) is 0 Å². The number of carbonyl (C=O) groups is 3. The van der Waals surface area contributed by atoms with Gasteiger partial charge in [-0.1, -0.05) is 234 Å². The summed E-state index contributed by atoms with van der Waals surface area (Å²) < 4.78 is 16.8. The van der Waals surface area contributed by atoms with Gasteiger partial charge in [-0.15, -0.1) is 0 Å². The molecule has 0 bridgehead atoms. The molecule has 0 fully saturated rings. The Balaban J connectivity index is 4.26. The topological polar surface area (TPSA) is 78.9 Å². The summed E-state index contributed by atoms with van der Waals surface area (Å²) in [4.78, 5) is 37.8. The van der Waals surface area contributed by atoms with E-state index in [1.165, 1.54) is 161 Å². The van der Waals surface area contributed by atoms with Crippen molar-refractivity contribution in [3.05, 3.63) is 0 Å². The summed E-state index contributed by atoms with van der Waals surface area (Å²) in [5.74, 6) is 0.807. The fourth-order valence-electron chi connectivity index (χ4n) is 7.46. The molecule has 56 heavy (non-hydrogen) atoms. The van der Waals surface area contributed by atoms with Crippen molar-refractivity contribution >= 4 is 17.9 Å². The lowest BCUT2D eigenvalue weighted by Gasteiger charge is -2.18. The quantitative estimate of drug-likeness (QED) is 0.0347. The van der Waals surface area contributed by atoms with Gasteiger partial charge in [-0.2, -0.15) is 0 Å². The molecule has 0 aliphatic carbocycles. The number of hydrogen-bond donors (Lipinski definition) is 0. The van der Waals surface area contributed by atoms with Gasteiger partial charge in [0.05, 0.1) is 0 Å². The molecule has 0 saturated heterocycles. The van der Waals surface area contributed by atoms with Crippen LogP contribution in [0.4, 0.5) is 0 Å². The molecule has 0 N–H and O–H groups in total. The van der Waals surface area contributed by atoms with Crippen LogP contribution < -0.4 is 0 Å². The number of ether oxygens (including phenoxy) is 3. The molecule has 0 aliphatic heterocycles. The van der Waals surface area contributed by atoms with Crippen molar-refractivity contribution < 1.29 is 28.6 Å². The molecule has 0 unspecified atom stereocenters. The van der Waals surface area contributed by atoms with Crippen LogP contribution in [0.3, 0.4) is 0 Å². The minimum absolute atomic E-state index is 0.0642. The van der Waals surface area contributed by atoms with E-state index in [9.17, 15) is 14.4 Å². The molecule has 0 amide bonds. The van der Waals surface area contributed by atoms with Crippen molar-refractivity contribution in [2.45, 2.75) is 278 Å². The van der Waals surface area contributed by atoms with Gasteiger partial charge in [0.1, 0.15) is 13.2 Å². The van der Waals surface area contributed by atoms with E-state index in [-0.39, 0.29) is 31.1 Å². The average molecular weight is 793 g/mol. The van der Waals surface area contributed by atoms with Crippen LogP contribution in [0.5, 0.6) is 0 Å². The van der Waals surface area contributed by atoms with Gasteiger partial charge in [0.2, 0.25) is 0 Å². The highest BCUT2D eigenvalue weighted by atomic mass is 16.6. The molecule has 0 aromatic rings. The maximum Gasteiger partial charge on any atom is 0.306 e. The number of rotatable bonds is 44. The minimum Gasteiger partial charge on any atom is -0.462 e. The minimum atomic E-state index is -0.760. The first-order valence-corrected chi connectivity index (χ1v) is 24.7. The van der Waals surface area contributed by atoms with Crippen LogP contribution in [-0.2, 0) is 28.6 Å². The second kappa shape index (κ2) is 43.0. The Bertz CT molecular complexity index is 854. The van der Waals surface area contributed by atoms with Crippen LogP contribution in [0.2, 0.25) is 0 Å². The fourth-order valence-corrected chi connectivity index (χ4v) is 7.46. The summed E-state index contributed by atoms with van der Waals surface area (Å²) >= 11 is 0. The van der Waals surface area contributed by atoms with Crippen molar-refractivity contribution in [3.63, 3.8) is 0 Å². The van der Waals surface area contributed by atoms with E-state index in [1.807, 2.05) is 0 Å². The molecular formula is C50H96O6. The molecular weight excluding hydrogens is 697 g/mol. The zero-order valence-electron chi connectivity index (χ0n) is 38.3. The number of hydrogen-bond acceptors (Lipinski definition) is 6. The SMILES string of the molecule is CCCCCCCCCCCC(=O)O[C@@H](COC(=O)CCCCCCCCCCCCCCC(C)C)COC(=O)CCCCCCCCCCCCCC(C)C. The monoisotopic (exact) mass is 793 g/mol. The molecule has 0 aliphatic rings. The summed E-state index contributed by atoms with van der Waals surface area (Å²) in [6, 6.07) is 0. The van der Waals surface area contributed by atoms with Crippen LogP contribution in [0.1, 0.15) is 272 Å². The van der Waals surface area contributed by atoms with Gasteiger partial charge in [-0.3, -0.25) is 14.4 Å². The summed E-state index contributed by atoms with van der Waals surface area (Å²) in [5, 5.41) is 0. The average Bonchev–Trinajstić information content (AvgIpc) is 3.16. The van der Waals surface area contributed by atoms with Crippen LogP contribution in [-0.4, -0.2) is 37.2 Å². The highest BCUT2D eigenvalue weighted by Crippen LogP contribution is 2.17. The third-order valence-electron chi connectivity index (χ3n) is 11.2. The van der Waals surface area contributed by atoms with E-state index >= 15 is 0 Å². The summed E-state index contributed by atoms with van der Waals surface area (Å²) in [6.07, 6.45) is 42.3. The number of esters is 3. The van der Waals surface area contributed by atoms with Crippen LogP contribution in [0, 0.1) is 11.8 Å². The van der Waals surface area contributed by atoms with Gasteiger partial charge in [0.15, 0.2) is 6.10 Å². The van der Waals surface area contributed by atoms with E-state index in [1.54, 1.807) is 0 Å². The highest BCUT2D eigenvalue weighted by Gasteiger charge is 2.19. The van der Waals surface area contributed by atoms with Gasteiger partial charge in [0.25, 0.3) is 0 Å². The first-order valence-electron chi connectivity index (χ1n) is 24.7. The van der Waals surface area contributed by atoms with E-state index < -0.39 is 6.10 Å². The largest absolute Gasteiger partial charge is 0.462 e. The third kappa shape index (κ3) is 43.5. The molecule has 1 atom stereocenters. The predicted octanol–water partition coefficient (Wildman–Crippen LogP) is 15.8. The maximum atomic E-state index is 12.7. The highest BCUT2D eigenvalue weighted by molar-refractivity contribution is 5.71. The van der Waals surface area contributed by atoms with E-state index in [0.29, 0.717) is 19.3 Å². The van der Waals surface area contributed by atoms with Gasteiger partial charge < -0.3 is 14.2 Å².